The molecule has 0 aliphatic rings. The minimum absolute atomic E-state index is 0.0929. The van der Waals surface area contributed by atoms with Crippen molar-refractivity contribution in [2.45, 2.75) is 13.0 Å². The zero-order chi connectivity index (χ0) is 15.6. The van der Waals surface area contributed by atoms with Gasteiger partial charge in [-0.2, -0.15) is 0 Å². The van der Waals surface area contributed by atoms with Crippen LogP contribution in [0.5, 0.6) is 5.75 Å². The fourth-order valence-corrected chi connectivity index (χ4v) is 2.25. The summed E-state index contributed by atoms with van der Waals surface area (Å²) >= 11 is 5.98. The van der Waals surface area contributed by atoms with Crippen LogP contribution in [0.4, 0.5) is 5.69 Å². The molecule has 21 heavy (non-hydrogen) atoms. The summed E-state index contributed by atoms with van der Waals surface area (Å²) in [5, 5.41) is 10.2. The van der Waals surface area contributed by atoms with Gasteiger partial charge in [-0.05, 0) is 42.8 Å². The van der Waals surface area contributed by atoms with Gasteiger partial charge in [0.2, 0.25) is 0 Å². The number of hydrogen-bond acceptors (Lipinski definition) is 3. The summed E-state index contributed by atoms with van der Waals surface area (Å²) in [4.78, 5) is 14.0. The molecule has 0 heterocycles. The molecule has 0 spiro atoms. The fraction of sp³-hybridized carbons (Fsp3) is 0.188. The van der Waals surface area contributed by atoms with Crippen LogP contribution in [0.3, 0.4) is 0 Å². The number of hydrogen-bond donors (Lipinski definition) is 2. The van der Waals surface area contributed by atoms with Crippen LogP contribution >= 0.6 is 11.6 Å². The van der Waals surface area contributed by atoms with Gasteiger partial charge in [-0.3, -0.25) is 4.79 Å². The molecule has 0 fully saturated rings. The molecule has 2 aromatic carbocycles. The highest BCUT2D eigenvalue weighted by Gasteiger charge is 2.19. The Morgan fingerprint density at radius 3 is 2.62 bits per heavy atom. The van der Waals surface area contributed by atoms with Gasteiger partial charge in [-0.1, -0.05) is 23.7 Å². The first kappa shape index (κ1) is 15.2. The molecular weight excluding hydrogens is 288 g/mol. The molecule has 2 aromatic rings. The van der Waals surface area contributed by atoms with E-state index in [1.165, 1.54) is 12.1 Å². The van der Waals surface area contributed by atoms with Gasteiger partial charge in [0.05, 0.1) is 11.7 Å². The number of benzene rings is 2. The molecule has 5 heteroatoms. The predicted octanol–water partition coefficient (Wildman–Crippen LogP) is 3.46. The summed E-state index contributed by atoms with van der Waals surface area (Å²) in [5.74, 6) is -0.289. The SMILES string of the molecule is CC(c1cccc(Cl)c1)N(C)C(=O)c1ccc(N)c(O)c1. The number of amides is 1. The highest BCUT2D eigenvalue weighted by molar-refractivity contribution is 6.30. The lowest BCUT2D eigenvalue weighted by atomic mass is 10.1. The molecule has 0 saturated carbocycles. The topological polar surface area (TPSA) is 66.6 Å². The van der Waals surface area contributed by atoms with Gasteiger partial charge in [0.15, 0.2) is 0 Å². The molecule has 2 rings (SSSR count). The van der Waals surface area contributed by atoms with Crippen LogP contribution in [-0.4, -0.2) is 23.0 Å². The van der Waals surface area contributed by atoms with Crippen molar-refractivity contribution in [2.75, 3.05) is 12.8 Å². The first-order chi connectivity index (χ1) is 9.90. The zero-order valence-electron chi connectivity index (χ0n) is 11.9. The van der Waals surface area contributed by atoms with Crippen molar-refractivity contribution in [1.82, 2.24) is 4.90 Å². The number of anilines is 1. The third-order valence-electron chi connectivity index (χ3n) is 3.51. The smallest absolute Gasteiger partial charge is 0.254 e. The van der Waals surface area contributed by atoms with Crippen LogP contribution in [0, 0.1) is 0 Å². The summed E-state index contributed by atoms with van der Waals surface area (Å²) in [5.41, 5.74) is 7.12. The monoisotopic (exact) mass is 304 g/mol. The van der Waals surface area contributed by atoms with E-state index in [0.29, 0.717) is 10.6 Å². The van der Waals surface area contributed by atoms with E-state index >= 15 is 0 Å². The lowest BCUT2D eigenvalue weighted by Crippen LogP contribution is -2.29. The van der Waals surface area contributed by atoms with Gasteiger partial charge in [0.25, 0.3) is 5.91 Å². The number of nitrogen functional groups attached to an aromatic ring is 1. The van der Waals surface area contributed by atoms with Crippen molar-refractivity contribution < 1.29 is 9.90 Å². The molecule has 1 amide bonds. The zero-order valence-corrected chi connectivity index (χ0v) is 12.6. The highest BCUT2D eigenvalue weighted by atomic mass is 35.5. The summed E-state index contributed by atoms with van der Waals surface area (Å²) < 4.78 is 0. The van der Waals surface area contributed by atoms with Gasteiger partial charge < -0.3 is 15.7 Å². The Morgan fingerprint density at radius 2 is 2.00 bits per heavy atom. The van der Waals surface area contributed by atoms with Crippen molar-refractivity contribution in [3.8, 4) is 5.75 Å². The summed E-state index contributed by atoms with van der Waals surface area (Å²) in [7, 11) is 1.71. The van der Waals surface area contributed by atoms with Gasteiger partial charge in [0, 0.05) is 17.6 Å². The Balaban J connectivity index is 2.24. The number of rotatable bonds is 3. The minimum atomic E-state index is -0.197. The molecular formula is C16H17ClN2O2. The molecule has 1 atom stereocenters. The van der Waals surface area contributed by atoms with Crippen LogP contribution in [0.1, 0.15) is 28.9 Å². The number of nitrogens with two attached hydrogens (primary N) is 1. The van der Waals surface area contributed by atoms with Crippen molar-refractivity contribution >= 4 is 23.2 Å². The van der Waals surface area contributed by atoms with Crippen molar-refractivity contribution in [3.05, 3.63) is 58.6 Å². The minimum Gasteiger partial charge on any atom is -0.506 e. The van der Waals surface area contributed by atoms with E-state index in [9.17, 15) is 9.90 Å². The lowest BCUT2D eigenvalue weighted by Gasteiger charge is -2.25. The normalized spacial score (nSPS) is 12.0. The summed E-state index contributed by atoms with van der Waals surface area (Å²) in [6.45, 7) is 1.92. The van der Waals surface area contributed by atoms with Gasteiger partial charge in [-0.15, -0.1) is 0 Å². The second kappa shape index (κ2) is 6.06. The number of carbonyl (C=O) groups is 1. The lowest BCUT2D eigenvalue weighted by molar-refractivity contribution is 0.0742. The highest BCUT2D eigenvalue weighted by Crippen LogP contribution is 2.26. The third kappa shape index (κ3) is 3.28. The predicted molar refractivity (Wildman–Crippen MR) is 84.5 cm³/mol. The van der Waals surface area contributed by atoms with E-state index < -0.39 is 0 Å². The average Bonchev–Trinajstić information content (AvgIpc) is 2.47. The van der Waals surface area contributed by atoms with E-state index in [0.717, 1.165) is 5.56 Å². The van der Waals surface area contributed by atoms with E-state index in [2.05, 4.69) is 0 Å². The van der Waals surface area contributed by atoms with Crippen molar-refractivity contribution in [2.24, 2.45) is 0 Å². The summed E-state index contributed by atoms with van der Waals surface area (Å²) in [6.07, 6.45) is 0. The molecule has 0 saturated heterocycles. The second-order valence-electron chi connectivity index (χ2n) is 4.92. The second-order valence-corrected chi connectivity index (χ2v) is 5.36. The number of aromatic hydroxyl groups is 1. The molecule has 1 unspecified atom stereocenters. The number of phenolic OH excluding ortho intramolecular Hbond substituents is 1. The molecule has 0 bridgehead atoms. The first-order valence-electron chi connectivity index (χ1n) is 6.51. The largest absolute Gasteiger partial charge is 0.506 e. The third-order valence-corrected chi connectivity index (χ3v) is 3.74. The molecule has 0 aromatic heterocycles. The number of carbonyl (C=O) groups excluding carboxylic acids is 1. The number of halogens is 1. The van der Waals surface area contributed by atoms with Gasteiger partial charge in [-0.25, -0.2) is 0 Å². The Hall–Kier alpha value is -2.20. The Labute approximate surface area is 128 Å². The Kier molecular flexibility index (Phi) is 4.38. The molecule has 4 nitrogen and oxygen atoms in total. The maximum absolute atomic E-state index is 12.4. The van der Waals surface area contributed by atoms with E-state index in [1.54, 1.807) is 24.1 Å². The van der Waals surface area contributed by atoms with Crippen LogP contribution in [0.25, 0.3) is 0 Å². The van der Waals surface area contributed by atoms with Gasteiger partial charge in [0.1, 0.15) is 5.75 Å². The molecule has 0 aliphatic carbocycles. The molecule has 0 aliphatic heterocycles. The maximum atomic E-state index is 12.4. The molecule has 3 N–H and O–H groups in total. The Bertz CT molecular complexity index is 673. The van der Waals surface area contributed by atoms with Crippen LogP contribution in [-0.2, 0) is 0 Å². The maximum Gasteiger partial charge on any atom is 0.254 e. The van der Waals surface area contributed by atoms with Crippen LogP contribution < -0.4 is 5.73 Å². The fourth-order valence-electron chi connectivity index (χ4n) is 2.05. The van der Waals surface area contributed by atoms with Crippen LogP contribution in [0.15, 0.2) is 42.5 Å². The van der Waals surface area contributed by atoms with Crippen molar-refractivity contribution in [1.29, 1.82) is 0 Å². The molecule has 0 radical (unpaired) electrons. The van der Waals surface area contributed by atoms with Crippen molar-refractivity contribution in [3.63, 3.8) is 0 Å². The molecule has 110 valence electrons. The van der Waals surface area contributed by atoms with E-state index in [4.69, 9.17) is 17.3 Å². The van der Waals surface area contributed by atoms with E-state index in [-0.39, 0.29) is 23.4 Å². The quantitative estimate of drug-likeness (QED) is 0.674. The van der Waals surface area contributed by atoms with E-state index in [1.807, 2.05) is 25.1 Å². The van der Waals surface area contributed by atoms with Gasteiger partial charge >= 0.3 is 0 Å². The standard InChI is InChI=1S/C16H17ClN2O2/c1-10(11-4-3-5-13(17)8-11)19(2)16(21)12-6-7-14(18)15(20)9-12/h3-10,20H,18H2,1-2H3. The first-order valence-corrected chi connectivity index (χ1v) is 6.89. The number of phenols is 1. The van der Waals surface area contributed by atoms with Crippen LogP contribution in [0.2, 0.25) is 5.02 Å². The Morgan fingerprint density at radius 1 is 1.29 bits per heavy atom. The number of nitrogens with zero attached hydrogens (tertiary/aromatic N) is 1. The average molecular weight is 305 g/mol. The summed E-state index contributed by atoms with van der Waals surface area (Å²) in [6, 6.07) is 11.7.